The predicted octanol–water partition coefficient (Wildman–Crippen LogP) is 2.72. The fourth-order valence-electron chi connectivity index (χ4n) is 8.12. The number of fused-ring (bicyclic) bond motifs is 7. The van der Waals surface area contributed by atoms with Crippen molar-refractivity contribution >= 4 is 11.6 Å². The Morgan fingerprint density at radius 2 is 2.10 bits per heavy atom. The minimum absolute atomic E-state index is 0.0125. The van der Waals surface area contributed by atoms with E-state index in [-0.39, 0.29) is 34.7 Å². The van der Waals surface area contributed by atoms with Crippen molar-refractivity contribution in [2.45, 2.75) is 83.4 Å². The molecule has 170 valence electrons. The van der Waals surface area contributed by atoms with Gasteiger partial charge >= 0.3 is 0 Å². The first kappa shape index (κ1) is 21.5. The highest BCUT2D eigenvalue weighted by molar-refractivity contribution is 6.01. The van der Waals surface area contributed by atoms with Crippen molar-refractivity contribution < 1.29 is 29.3 Å². The number of carbonyl (C=O) groups is 2. The van der Waals surface area contributed by atoms with Gasteiger partial charge in [-0.3, -0.25) is 9.59 Å². The molecule has 4 fully saturated rings. The summed E-state index contributed by atoms with van der Waals surface area (Å²) in [6.07, 6.45) is 8.31. The van der Waals surface area contributed by atoms with Gasteiger partial charge in [-0.05, 0) is 56.1 Å². The molecule has 9 atom stereocenters. The molecular formula is C25H34O6. The van der Waals surface area contributed by atoms with Gasteiger partial charge in [0.25, 0.3) is 0 Å². The van der Waals surface area contributed by atoms with Gasteiger partial charge in [-0.1, -0.05) is 38.8 Å². The first-order chi connectivity index (χ1) is 14.7. The van der Waals surface area contributed by atoms with Crippen LogP contribution in [-0.4, -0.2) is 52.5 Å². The second-order valence-corrected chi connectivity index (χ2v) is 10.7. The number of aliphatic hydroxyl groups is 2. The molecule has 4 aliphatic carbocycles. The van der Waals surface area contributed by atoms with E-state index in [0.29, 0.717) is 19.3 Å². The molecule has 0 bridgehead atoms. The summed E-state index contributed by atoms with van der Waals surface area (Å²) in [5.41, 5.74) is -1.05. The molecule has 0 aromatic carbocycles. The summed E-state index contributed by atoms with van der Waals surface area (Å²) in [6.45, 7) is 5.67. The number of hydrogen-bond acceptors (Lipinski definition) is 6. The van der Waals surface area contributed by atoms with E-state index in [0.717, 1.165) is 24.8 Å². The summed E-state index contributed by atoms with van der Waals surface area (Å²) in [4.78, 5) is 25.2. The van der Waals surface area contributed by atoms with Crippen LogP contribution in [0.5, 0.6) is 0 Å². The number of hydrogen-bond donors (Lipinski definition) is 2. The number of carbonyl (C=O) groups excluding carboxylic acids is 2. The van der Waals surface area contributed by atoms with E-state index in [2.05, 4.69) is 20.8 Å². The number of ether oxygens (including phenoxy) is 2. The van der Waals surface area contributed by atoms with Crippen molar-refractivity contribution in [3.63, 3.8) is 0 Å². The SMILES string of the molecule is CCC[C@@H]1O[C@H]2C[C@H]3[C@@H]4CCC5=CC(=O)C=C[C@]5(C)[C@H]4[C@H](O)C[C@]3(C)[C@]2(C(=O)CO)O1. The highest BCUT2D eigenvalue weighted by Gasteiger charge is 2.75. The monoisotopic (exact) mass is 430 g/mol. The van der Waals surface area contributed by atoms with Crippen LogP contribution in [0.25, 0.3) is 0 Å². The molecule has 6 heteroatoms. The van der Waals surface area contributed by atoms with Gasteiger partial charge in [0, 0.05) is 16.7 Å². The fourth-order valence-corrected chi connectivity index (χ4v) is 8.12. The smallest absolute Gasteiger partial charge is 0.193 e. The molecule has 6 nitrogen and oxygen atoms in total. The Bertz CT molecular complexity index is 862. The molecule has 31 heavy (non-hydrogen) atoms. The normalized spacial score (nSPS) is 50.4. The molecule has 5 rings (SSSR count). The maximum atomic E-state index is 13.2. The lowest BCUT2D eigenvalue weighted by Crippen LogP contribution is -2.63. The lowest BCUT2D eigenvalue weighted by molar-refractivity contribution is -0.200. The van der Waals surface area contributed by atoms with Gasteiger partial charge < -0.3 is 19.7 Å². The van der Waals surface area contributed by atoms with Crippen molar-refractivity contribution in [3.05, 3.63) is 23.8 Å². The van der Waals surface area contributed by atoms with Crippen LogP contribution in [0.15, 0.2) is 23.8 Å². The third-order valence-corrected chi connectivity index (χ3v) is 9.37. The summed E-state index contributed by atoms with van der Waals surface area (Å²) in [5.74, 6) is 0.0274. The van der Waals surface area contributed by atoms with Gasteiger partial charge in [-0.15, -0.1) is 0 Å². The van der Waals surface area contributed by atoms with Crippen LogP contribution < -0.4 is 0 Å². The zero-order valence-electron chi connectivity index (χ0n) is 18.7. The van der Waals surface area contributed by atoms with Gasteiger partial charge in [-0.25, -0.2) is 0 Å². The Morgan fingerprint density at radius 1 is 1.32 bits per heavy atom. The molecule has 0 amide bonds. The van der Waals surface area contributed by atoms with Gasteiger partial charge in [0.2, 0.25) is 0 Å². The summed E-state index contributed by atoms with van der Waals surface area (Å²) < 4.78 is 12.7. The van der Waals surface area contributed by atoms with Gasteiger partial charge in [0.15, 0.2) is 23.5 Å². The van der Waals surface area contributed by atoms with E-state index >= 15 is 0 Å². The second kappa shape index (κ2) is 7.08. The zero-order valence-corrected chi connectivity index (χ0v) is 18.7. The van der Waals surface area contributed by atoms with Crippen molar-refractivity contribution in [1.29, 1.82) is 0 Å². The van der Waals surface area contributed by atoms with Crippen molar-refractivity contribution in [3.8, 4) is 0 Å². The molecular weight excluding hydrogens is 396 g/mol. The van der Waals surface area contributed by atoms with Gasteiger partial charge in [-0.2, -0.15) is 0 Å². The Balaban J connectivity index is 1.55. The molecule has 3 saturated carbocycles. The van der Waals surface area contributed by atoms with Crippen LogP contribution in [0.3, 0.4) is 0 Å². The van der Waals surface area contributed by atoms with Crippen molar-refractivity contribution in [2.75, 3.05) is 6.61 Å². The number of rotatable bonds is 4. The predicted molar refractivity (Wildman–Crippen MR) is 113 cm³/mol. The van der Waals surface area contributed by atoms with Gasteiger partial charge in [0.1, 0.15) is 6.61 Å². The number of ketones is 2. The molecule has 1 heterocycles. The summed E-state index contributed by atoms with van der Waals surface area (Å²) in [5, 5.41) is 21.4. The molecule has 5 aliphatic rings. The largest absolute Gasteiger partial charge is 0.393 e. The number of allylic oxidation sites excluding steroid dienone is 4. The van der Waals surface area contributed by atoms with Crippen molar-refractivity contribution in [1.82, 2.24) is 0 Å². The molecule has 1 aliphatic heterocycles. The number of aliphatic hydroxyl groups excluding tert-OH is 2. The Hall–Kier alpha value is -1.34. The lowest BCUT2D eigenvalue weighted by Gasteiger charge is -2.59. The molecule has 0 unspecified atom stereocenters. The first-order valence-corrected chi connectivity index (χ1v) is 11.8. The van der Waals surface area contributed by atoms with E-state index in [1.54, 1.807) is 12.2 Å². The van der Waals surface area contributed by atoms with E-state index in [1.165, 1.54) is 0 Å². The van der Waals surface area contributed by atoms with Crippen LogP contribution >= 0.6 is 0 Å². The summed E-state index contributed by atoms with van der Waals surface area (Å²) in [7, 11) is 0. The quantitative estimate of drug-likeness (QED) is 0.712. The standard InChI is InChI=1S/C25H34O6/c1-4-5-21-30-20-11-17-16-7-6-14-10-15(27)8-9-23(14,2)22(16)18(28)12-24(17,3)25(20,31-21)19(29)13-26/h8-10,16-18,20-22,26,28H,4-7,11-13H2,1-3H3/t16-,17-,18+,20-,21+,22+,23-,24-,25+/m0/s1. The minimum atomic E-state index is -1.20. The molecule has 1 saturated heterocycles. The highest BCUT2D eigenvalue weighted by Crippen LogP contribution is 2.69. The maximum absolute atomic E-state index is 13.2. The molecule has 0 aromatic heterocycles. The maximum Gasteiger partial charge on any atom is 0.193 e. The first-order valence-electron chi connectivity index (χ1n) is 11.8. The minimum Gasteiger partial charge on any atom is -0.393 e. The van der Waals surface area contributed by atoms with E-state index < -0.39 is 36.1 Å². The molecule has 0 spiro atoms. The fraction of sp³-hybridized carbons (Fsp3) is 0.760. The third-order valence-electron chi connectivity index (χ3n) is 9.37. The second-order valence-electron chi connectivity index (χ2n) is 10.7. The molecule has 2 N–H and O–H groups in total. The van der Waals surface area contributed by atoms with E-state index in [4.69, 9.17) is 9.47 Å². The van der Waals surface area contributed by atoms with Crippen LogP contribution in [-0.2, 0) is 19.1 Å². The van der Waals surface area contributed by atoms with E-state index in [9.17, 15) is 19.8 Å². The van der Waals surface area contributed by atoms with Gasteiger partial charge in [0.05, 0.1) is 12.2 Å². The van der Waals surface area contributed by atoms with Crippen LogP contribution in [0.1, 0.15) is 59.3 Å². The molecule has 0 aromatic rings. The Morgan fingerprint density at radius 3 is 2.81 bits per heavy atom. The average molecular weight is 431 g/mol. The van der Waals surface area contributed by atoms with Crippen LogP contribution in [0.2, 0.25) is 0 Å². The van der Waals surface area contributed by atoms with Crippen LogP contribution in [0.4, 0.5) is 0 Å². The third kappa shape index (κ3) is 2.65. The highest BCUT2D eigenvalue weighted by atomic mass is 16.7. The van der Waals surface area contributed by atoms with E-state index in [1.807, 2.05) is 6.08 Å². The summed E-state index contributed by atoms with van der Waals surface area (Å²) in [6, 6.07) is 0. The lowest BCUT2D eigenvalue weighted by atomic mass is 9.46. The Labute approximate surface area is 183 Å². The topological polar surface area (TPSA) is 93.1 Å². The average Bonchev–Trinajstić information content (AvgIpc) is 3.20. The zero-order chi connectivity index (χ0) is 22.2. The van der Waals surface area contributed by atoms with Crippen LogP contribution in [0, 0.1) is 28.6 Å². The molecule has 0 radical (unpaired) electrons. The van der Waals surface area contributed by atoms with Crippen molar-refractivity contribution in [2.24, 2.45) is 28.6 Å². The number of Topliss-reactive ketones (excluding diaryl/α,β-unsaturated/α-hetero) is 1. The summed E-state index contributed by atoms with van der Waals surface area (Å²) >= 11 is 0. The Kier molecular flexibility index (Phi) is 4.91.